The van der Waals surface area contributed by atoms with Gasteiger partial charge in [0.1, 0.15) is 0 Å². The van der Waals surface area contributed by atoms with Crippen LogP contribution in [0.25, 0.3) is 0 Å². The molecule has 0 spiro atoms. The van der Waals surface area contributed by atoms with Crippen LogP contribution in [0.5, 0.6) is 0 Å². The molecule has 1 atom stereocenters. The minimum absolute atomic E-state index is 0.167. The largest absolute Gasteiger partial charge is 0.329 e. The third-order valence-corrected chi connectivity index (χ3v) is 4.64. The smallest absolute Gasteiger partial charge is 0.287 e. The topological polar surface area (TPSA) is 65.7 Å². The van der Waals surface area contributed by atoms with Crippen molar-refractivity contribution in [3.63, 3.8) is 0 Å². The predicted molar refractivity (Wildman–Crippen MR) is 115 cm³/mol. The third-order valence-electron chi connectivity index (χ3n) is 4.64. The van der Waals surface area contributed by atoms with Gasteiger partial charge in [0.05, 0.1) is 25.7 Å². The average molecular weight is 389 g/mol. The number of hydrogen-bond donors (Lipinski definition) is 2. The van der Waals surface area contributed by atoms with Gasteiger partial charge in [-0.3, -0.25) is 0 Å². The van der Waals surface area contributed by atoms with Crippen LogP contribution in [-0.2, 0) is 14.2 Å². The van der Waals surface area contributed by atoms with E-state index in [1.54, 1.807) is 0 Å². The third kappa shape index (κ3) is 12.8. The van der Waals surface area contributed by atoms with Crippen molar-refractivity contribution in [2.75, 3.05) is 39.5 Å². The first-order chi connectivity index (χ1) is 13.2. The molecule has 0 aromatic carbocycles. The molecule has 0 radical (unpaired) electrons. The number of hydrogen-bond acceptors (Lipinski definition) is 5. The Morgan fingerprint density at radius 2 is 1.26 bits per heavy atom. The van der Waals surface area contributed by atoms with E-state index in [-0.39, 0.29) is 5.92 Å². The first-order valence-electron chi connectivity index (χ1n) is 11.5. The van der Waals surface area contributed by atoms with Crippen molar-refractivity contribution in [3.05, 3.63) is 0 Å². The summed E-state index contributed by atoms with van der Waals surface area (Å²) < 4.78 is 18.8. The first kappa shape index (κ1) is 26.8. The van der Waals surface area contributed by atoms with Crippen LogP contribution < -0.4 is 11.1 Å². The molecule has 0 aliphatic heterocycles. The van der Waals surface area contributed by atoms with Crippen molar-refractivity contribution in [2.24, 2.45) is 11.7 Å². The number of nitrogens with one attached hydrogen (secondary N) is 1. The lowest BCUT2D eigenvalue weighted by Gasteiger charge is -2.40. The Morgan fingerprint density at radius 1 is 0.741 bits per heavy atom. The zero-order valence-electron chi connectivity index (χ0n) is 18.7. The monoisotopic (exact) mass is 388 g/mol. The Kier molecular flexibility index (Phi) is 19.0. The summed E-state index contributed by atoms with van der Waals surface area (Å²) in [4.78, 5) is 0. The van der Waals surface area contributed by atoms with Crippen LogP contribution in [0.4, 0.5) is 0 Å². The second-order valence-electron chi connectivity index (χ2n) is 7.40. The highest BCUT2D eigenvalue weighted by atomic mass is 16.9. The summed E-state index contributed by atoms with van der Waals surface area (Å²) in [5.74, 6) is -0.771. The van der Waals surface area contributed by atoms with Gasteiger partial charge in [-0.1, -0.05) is 66.2 Å². The molecule has 0 saturated heterocycles. The van der Waals surface area contributed by atoms with Gasteiger partial charge in [-0.05, 0) is 25.7 Å². The summed E-state index contributed by atoms with van der Waals surface area (Å²) in [6.45, 7) is 12.8. The van der Waals surface area contributed by atoms with Crippen LogP contribution >= 0.6 is 0 Å². The van der Waals surface area contributed by atoms with Gasteiger partial charge < -0.3 is 25.3 Å². The van der Waals surface area contributed by atoms with Gasteiger partial charge in [-0.15, -0.1) is 0 Å². The van der Waals surface area contributed by atoms with Crippen LogP contribution in [0.2, 0.25) is 0 Å². The first-order valence-corrected chi connectivity index (χ1v) is 11.5. The van der Waals surface area contributed by atoms with Crippen molar-refractivity contribution < 1.29 is 14.2 Å². The standard InChI is InChI=1S/C22H48N2O3/c1-5-9-10-11-12-13-14-21(20-24-16-15-23)22(25-17-6-2,26-18-7-3)27-19-8-4/h21,24H,5-20,23H2,1-4H3. The second-order valence-corrected chi connectivity index (χ2v) is 7.40. The second kappa shape index (κ2) is 19.1. The SMILES string of the molecule is CCCCCCCCC(CNCCN)C(OCCC)(OCCC)OCCC. The lowest BCUT2D eigenvalue weighted by molar-refractivity contribution is -0.405. The Balaban J connectivity index is 5.04. The van der Waals surface area contributed by atoms with Crippen LogP contribution in [-0.4, -0.2) is 45.4 Å². The molecule has 3 N–H and O–H groups in total. The minimum Gasteiger partial charge on any atom is -0.329 e. The molecule has 5 nitrogen and oxygen atoms in total. The van der Waals surface area contributed by atoms with Crippen molar-refractivity contribution in [1.82, 2.24) is 5.32 Å². The van der Waals surface area contributed by atoms with E-state index in [1.165, 1.54) is 38.5 Å². The van der Waals surface area contributed by atoms with Gasteiger partial charge in [0, 0.05) is 19.6 Å². The number of ether oxygens (including phenoxy) is 3. The van der Waals surface area contributed by atoms with E-state index in [1.807, 2.05) is 0 Å². The molecule has 0 aliphatic rings. The minimum atomic E-state index is -0.937. The molecule has 0 aromatic heterocycles. The number of nitrogens with two attached hydrogens (primary N) is 1. The number of unbranched alkanes of at least 4 members (excludes halogenated alkanes) is 5. The zero-order valence-corrected chi connectivity index (χ0v) is 18.7. The highest BCUT2D eigenvalue weighted by Gasteiger charge is 2.42. The lowest BCUT2D eigenvalue weighted by atomic mass is 9.97. The highest BCUT2D eigenvalue weighted by molar-refractivity contribution is 4.75. The van der Waals surface area contributed by atoms with Crippen LogP contribution in [0.15, 0.2) is 0 Å². The fraction of sp³-hybridized carbons (Fsp3) is 1.00. The molecule has 164 valence electrons. The molecule has 0 bridgehead atoms. The molecule has 0 saturated carbocycles. The molecule has 27 heavy (non-hydrogen) atoms. The van der Waals surface area contributed by atoms with Crippen LogP contribution in [0.1, 0.15) is 91.9 Å². The van der Waals surface area contributed by atoms with Gasteiger partial charge in [0.25, 0.3) is 5.97 Å². The fourth-order valence-corrected chi connectivity index (χ4v) is 3.16. The van der Waals surface area contributed by atoms with E-state index in [0.29, 0.717) is 26.4 Å². The molecular weight excluding hydrogens is 340 g/mol. The molecule has 5 heteroatoms. The Morgan fingerprint density at radius 3 is 1.74 bits per heavy atom. The number of rotatable bonds is 21. The van der Waals surface area contributed by atoms with Crippen molar-refractivity contribution in [1.29, 1.82) is 0 Å². The molecule has 0 rings (SSSR count). The van der Waals surface area contributed by atoms with Crippen LogP contribution in [0, 0.1) is 5.92 Å². The molecular formula is C22H48N2O3. The van der Waals surface area contributed by atoms with Gasteiger partial charge in [-0.2, -0.15) is 0 Å². The summed E-state index contributed by atoms with van der Waals surface area (Å²) in [6.07, 6.45) is 11.6. The van der Waals surface area contributed by atoms with Gasteiger partial charge in [-0.25, -0.2) is 0 Å². The maximum Gasteiger partial charge on any atom is 0.287 e. The van der Waals surface area contributed by atoms with Gasteiger partial charge in [0.15, 0.2) is 0 Å². The van der Waals surface area contributed by atoms with E-state index >= 15 is 0 Å². The van der Waals surface area contributed by atoms with E-state index in [0.717, 1.165) is 38.8 Å². The Bertz CT molecular complexity index is 282. The van der Waals surface area contributed by atoms with Crippen LogP contribution in [0.3, 0.4) is 0 Å². The van der Waals surface area contributed by atoms with E-state index < -0.39 is 5.97 Å². The molecule has 1 unspecified atom stereocenters. The van der Waals surface area contributed by atoms with Crippen molar-refractivity contribution in [3.8, 4) is 0 Å². The van der Waals surface area contributed by atoms with Crippen molar-refractivity contribution >= 4 is 0 Å². The van der Waals surface area contributed by atoms with Gasteiger partial charge >= 0.3 is 0 Å². The average Bonchev–Trinajstić information content (AvgIpc) is 2.69. The van der Waals surface area contributed by atoms with E-state index in [2.05, 4.69) is 33.0 Å². The summed E-state index contributed by atoms with van der Waals surface area (Å²) >= 11 is 0. The molecule has 0 aliphatic carbocycles. The molecule has 0 fully saturated rings. The maximum absolute atomic E-state index is 6.26. The van der Waals surface area contributed by atoms with Crippen molar-refractivity contribution in [2.45, 2.75) is 97.9 Å². The summed E-state index contributed by atoms with van der Waals surface area (Å²) in [7, 11) is 0. The lowest BCUT2D eigenvalue weighted by Crippen LogP contribution is -2.51. The fourth-order valence-electron chi connectivity index (χ4n) is 3.16. The molecule has 0 heterocycles. The predicted octanol–water partition coefficient (Wildman–Crippen LogP) is 4.84. The Hall–Kier alpha value is -0.200. The molecule has 0 aromatic rings. The van der Waals surface area contributed by atoms with Gasteiger partial charge in [0.2, 0.25) is 0 Å². The zero-order chi connectivity index (χ0) is 20.2. The van der Waals surface area contributed by atoms with E-state index in [9.17, 15) is 0 Å². The quantitative estimate of drug-likeness (QED) is 0.218. The Labute approximate surface area is 169 Å². The summed E-state index contributed by atoms with van der Waals surface area (Å²) in [6, 6.07) is 0. The summed E-state index contributed by atoms with van der Waals surface area (Å²) in [5, 5.41) is 3.47. The summed E-state index contributed by atoms with van der Waals surface area (Å²) in [5.41, 5.74) is 5.68. The highest BCUT2D eigenvalue weighted by Crippen LogP contribution is 2.31. The maximum atomic E-state index is 6.26. The molecule has 0 amide bonds. The normalized spacial score (nSPS) is 13.2. The van der Waals surface area contributed by atoms with E-state index in [4.69, 9.17) is 19.9 Å².